The highest BCUT2D eigenvalue weighted by Gasteiger charge is 2.09. The van der Waals surface area contributed by atoms with Crippen LogP contribution in [0.25, 0.3) is 0 Å². The van der Waals surface area contributed by atoms with Crippen LogP contribution in [0.3, 0.4) is 0 Å². The molecule has 0 spiro atoms. The predicted molar refractivity (Wildman–Crippen MR) is 136 cm³/mol. The third-order valence-corrected chi connectivity index (χ3v) is 4.66. The second kappa shape index (κ2) is 18.2. The lowest BCUT2D eigenvalue weighted by Crippen LogP contribution is -2.17. The number of anilines is 1. The Kier molecular flexibility index (Phi) is 17.0. The average molecular weight is 538 g/mol. The molecule has 0 bridgehead atoms. The second-order valence-corrected chi connectivity index (χ2v) is 7.85. The lowest BCUT2D eigenvalue weighted by Gasteiger charge is -2.15. The van der Waals surface area contributed by atoms with Crippen LogP contribution in [0.1, 0.15) is 47.4 Å². The van der Waals surface area contributed by atoms with Crippen LogP contribution in [0.15, 0.2) is 24.3 Å². The number of aromatic nitrogens is 2. The molecule has 3 N–H and O–H groups in total. The van der Waals surface area contributed by atoms with Crippen molar-refractivity contribution in [3.05, 3.63) is 50.9 Å². The van der Waals surface area contributed by atoms with Crippen LogP contribution >= 0.6 is 34.8 Å². The summed E-state index contributed by atoms with van der Waals surface area (Å²) in [6.07, 6.45) is 2.56. The molecule has 0 radical (unpaired) electrons. The van der Waals surface area contributed by atoms with E-state index in [4.69, 9.17) is 49.8 Å². The fraction of sp³-hybridized carbons (Fsp3) is 0.455. The largest absolute Gasteiger partial charge is 0.478 e. The zero-order valence-electron chi connectivity index (χ0n) is 19.6. The maximum Gasteiger partial charge on any atom is 0.335 e. The van der Waals surface area contributed by atoms with E-state index in [-0.39, 0.29) is 26.6 Å². The van der Waals surface area contributed by atoms with E-state index >= 15 is 0 Å². The number of rotatable bonds is 5. The number of halogens is 3. The van der Waals surface area contributed by atoms with Gasteiger partial charge in [-0.2, -0.15) is 0 Å². The maximum absolute atomic E-state index is 10.7. The van der Waals surface area contributed by atoms with Crippen molar-refractivity contribution in [2.75, 3.05) is 45.3 Å². The lowest BCUT2D eigenvalue weighted by atomic mass is 10.2. The number of carboxylic acids is 2. The van der Waals surface area contributed by atoms with E-state index < -0.39 is 11.9 Å². The van der Waals surface area contributed by atoms with Gasteiger partial charge in [-0.1, -0.05) is 41.7 Å². The summed E-state index contributed by atoms with van der Waals surface area (Å²) in [5.74, 6) is -1.51. The summed E-state index contributed by atoms with van der Waals surface area (Å²) < 4.78 is 4.94. The van der Waals surface area contributed by atoms with Crippen LogP contribution in [-0.2, 0) is 4.74 Å². The monoisotopic (exact) mass is 536 g/mol. The van der Waals surface area contributed by atoms with Crippen molar-refractivity contribution in [2.24, 2.45) is 0 Å². The Bertz CT molecular complexity index is 869. The molecule has 0 atom stereocenters. The van der Waals surface area contributed by atoms with Gasteiger partial charge in [-0.05, 0) is 57.6 Å². The minimum absolute atomic E-state index is 0.0370. The molecular weight excluding hydrogens is 507 g/mol. The van der Waals surface area contributed by atoms with Crippen molar-refractivity contribution in [3.63, 3.8) is 0 Å². The van der Waals surface area contributed by atoms with E-state index in [0.717, 1.165) is 26.3 Å². The first-order chi connectivity index (χ1) is 16.0. The number of nitrogens with zero attached hydrogens (tertiary/aromatic N) is 3. The Hall–Kier alpha value is -2.17. The first-order valence-electron chi connectivity index (χ1n) is 10.5. The number of carboxylic acid groups (broad SMARTS) is 2. The summed E-state index contributed by atoms with van der Waals surface area (Å²) in [6, 6.07) is 5.29. The molecule has 0 amide bonds. The van der Waals surface area contributed by atoms with Gasteiger partial charge >= 0.3 is 11.9 Å². The number of hydrogen-bond donors (Lipinski definition) is 3. The SMILES string of the molecule is C1CCOC1.CCN(C)c1cc(C(=O)O)cc(Cl)n1.CCNC.O=C(O)c1cc(Cl)nc(Cl)c1. The van der Waals surface area contributed by atoms with Gasteiger partial charge in [0, 0.05) is 26.8 Å². The maximum atomic E-state index is 10.7. The van der Waals surface area contributed by atoms with Crippen LogP contribution in [-0.4, -0.2) is 72.5 Å². The fourth-order valence-corrected chi connectivity index (χ4v) is 2.73. The summed E-state index contributed by atoms with van der Waals surface area (Å²) >= 11 is 16.6. The van der Waals surface area contributed by atoms with Crippen LogP contribution in [0.4, 0.5) is 5.82 Å². The van der Waals surface area contributed by atoms with E-state index in [9.17, 15) is 9.59 Å². The molecule has 0 unspecified atom stereocenters. The van der Waals surface area contributed by atoms with Crippen molar-refractivity contribution < 1.29 is 24.5 Å². The van der Waals surface area contributed by atoms with Crippen LogP contribution in [0, 0.1) is 0 Å². The van der Waals surface area contributed by atoms with E-state index in [2.05, 4.69) is 22.2 Å². The molecule has 3 heterocycles. The summed E-state index contributed by atoms with van der Waals surface area (Å²) in [6.45, 7) is 7.83. The summed E-state index contributed by atoms with van der Waals surface area (Å²) in [5, 5.41) is 20.6. The number of nitrogens with one attached hydrogen (secondary N) is 1. The zero-order chi connectivity index (χ0) is 26.1. The molecule has 34 heavy (non-hydrogen) atoms. The molecule has 1 saturated heterocycles. The predicted octanol–water partition coefficient (Wildman–Crippen LogP) is 5.00. The number of hydrogen-bond acceptors (Lipinski definition) is 7. The Morgan fingerprint density at radius 1 is 0.941 bits per heavy atom. The van der Waals surface area contributed by atoms with Gasteiger partial charge in [0.05, 0.1) is 11.1 Å². The van der Waals surface area contributed by atoms with E-state index in [0.29, 0.717) is 5.82 Å². The molecule has 3 rings (SSSR count). The van der Waals surface area contributed by atoms with Gasteiger partial charge in [-0.3, -0.25) is 0 Å². The van der Waals surface area contributed by atoms with Crippen molar-refractivity contribution in [3.8, 4) is 0 Å². The Labute approximate surface area is 215 Å². The molecule has 1 fully saturated rings. The van der Waals surface area contributed by atoms with Gasteiger partial charge in [-0.25, -0.2) is 19.6 Å². The molecule has 2 aromatic heterocycles. The van der Waals surface area contributed by atoms with Gasteiger partial charge < -0.3 is 25.2 Å². The number of aromatic carboxylic acids is 2. The topological polar surface area (TPSA) is 125 Å². The first kappa shape index (κ1) is 31.8. The minimum Gasteiger partial charge on any atom is -0.478 e. The summed E-state index contributed by atoms with van der Waals surface area (Å²) in [7, 11) is 3.75. The fourth-order valence-electron chi connectivity index (χ4n) is 2.06. The van der Waals surface area contributed by atoms with Gasteiger partial charge in [0.15, 0.2) is 0 Å². The highest BCUT2D eigenvalue weighted by Crippen LogP contribution is 2.17. The van der Waals surface area contributed by atoms with E-state index in [1.807, 2.05) is 25.9 Å². The standard InChI is InChI=1S/C9H11ClN2O2.C6H3Cl2NO2.C4H8O.C3H9N/c1-3-12(2)8-5-6(9(13)14)4-7(10)11-8;7-4-1-3(6(10)11)2-5(8)9-4;1-2-4-5-3-1;1-3-4-2/h4-5H,3H2,1-2H3,(H,13,14);1-2H,(H,10,11);1-4H2;4H,3H2,1-2H3. The van der Waals surface area contributed by atoms with Gasteiger partial charge in [0.25, 0.3) is 0 Å². The van der Waals surface area contributed by atoms with Crippen molar-refractivity contribution in [1.82, 2.24) is 15.3 Å². The van der Waals surface area contributed by atoms with Crippen LogP contribution < -0.4 is 10.2 Å². The molecule has 9 nitrogen and oxygen atoms in total. The highest BCUT2D eigenvalue weighted by atomic mass is 35.5. The molecule has 190 valence electrons. The normalized spacial score (nSPS) is 11.6. The van der Waals surface area contributed by atoms with E-state index in [1.165, 1.54) is 37.1 Å². The third-order valence-electron chi connectivity index (χ3n) is 4.08. The lowest BCUT2D eigenvalue weighted by molar-refractivity contribution is 0.0686. The second-order valence-electron chi connectivity index (χ2n) is 6.69. The molecule has 0 aromatic carbocycles. The van der Waals surface area contributed by atoms with E-state index in [1.54, 1.807) is 0 Å². The van der Waals surface area contributed by atoms with Crippen molar-refractivity contribution in [2.45, 2.75) is 26.7 Å². The average Bonchev–Trinajstić information content (AvgIpc) is 3.38. The quantitative estimate of drug-likeness (QED) is 0.452. The van der Waals surface area contributed by atoms with Crippen LogP contribution in [0.5, 0.6) is 0 Å². The molecule has 0 saturated carbocycles. The molecule has 12 heteroatoms. The molecule has 0 aliphatic carbocycles. The van der Waals surface area contributed by atoms with Crippen molar-refractivity contribution >= 4 is 52.6 Å². The number of ether oxygens (including phenoxy) is 1. The Morgan fingerprint density at radius 3 is 1.68 bits per heavy atom. The molecule has 1 aliphatic rings. The minimum atomic E-state index is -1.07. The van der Waals surface area contributed by atoms with Gasteiger partial charge in [0.1, 0.15) is 21.3 Å². The Morgan fingerprint density at radius 2 is 1.35 bits per heavy atom. The van der Waals surface area contributed by atoms with Gasteiger partial charge in [0.2, 0.25) is 0 Å². The molecule has 2 aromatic rings. The van der Waals surface area contributed by atoms with Crippen LogP contribution in [0.2, 0.25) is 15.5 Å². The number of carbonyl (C=O) groups is 2. The molecular formula is C22H31Cl3N4O5. The third kappa shape index (κ3) is 14.2. The van der Waals surface area contributed by atoms with Crippen molar-refractivity contribution in [1.29, 1.82) is 0 Å². The van der Waals surface area contributed by atoms with Gasteiger partial charge in [-0.15, -0.1) is 0 Å². The smallest absolute Gasteiger partial charge is 0.335 e. The Balaban J connectivity index is 0.000000479. The zero-order valence-corrected chi connectivity index (χ0v) is 21.9. The molecule has 1 aliphatic heterocycles. The summed E-state index contributed by atoms with van der Waals surface area (Å²) in [5.41, 5.74) is 0.190. The summed E-state index contributed by atoms with van der Waals surface area (Å²) in [4.78, 5) is 30.5. The highest BCUT2D eigenvalue weighted by molar-refractivity contribution is 6.33. The number of pyridine rings is 2. The first-order valence-corrected chi connectivity index (χ1v) is 11.6.